The van der Waals surface area contributed by atoms with E-state index >= 15 is 0 Å². The Morgan fingerprint density at radius 3 is 2.52 bits per heavy atom. The molecule has 0 radical (unpaired) electrons. The van der Waals surface area contributed by atoms with Gasteiger partial charge in [0, 0.05) is 34.8 Å². The summed E-state index contributed by atoms with van der Waals surface area (Å²) in [5, 5.41) is 9.52. The van der Waals surface area contributed by atoms with Crippen molar-refractivity contribution in [3.05, 3.63) is 101 Å². The van der Waals surface area contributed by atoms with Crippen molar-refractivity contribution in [1.82, 2.24) is 9.55 Å². The Morgan fingerprint density at radius 1 is 1.00 bits per heavy atom. The Labute approximate surface area is 168 Å². The van der Waals surface area contributed by atoms with Crippen LogP contribution in [0.5, 0.6) is 0 Å². The minimum atomic E-state index is -0.226. The lowest BCUT2D eigenvalue weighted by Crippen LogP contribution is -2.20. The van der Waals surface area contributed by atoms with Gasteiger partial charge in [0.15, 0.2) is 0 Å². The molecule has 0 bridgehead atoms. The number of hydrogen-bond acceptors (Lipinski definition) is 4. The lowest BCUT2D eigenvalue weighted by Gasteiger charge is -2.14. The van der Waals surface area contributed by atoms with E-state index in [9.17, 15) is 10.1 Å². The molecule has 0 atom stereocenters. The number of rotatable bonds is 3. The van der Waals surface area contributed by atoms with E-state index in [0.29, 0.717) is 28.1 Å². The molecule has 0 saturated heterocycles. The van der Waals surface area contributed by atoms with Crippen LogP contribution in [0.2, 0.25) is 0 Å². The van der Waals surface area contributed by atoms with Crippen molar-refractivity contribution in [3.63, 3.8) is 0 Å². The molecule has 4 aromatic rings. The summed E-state index contributed by atoms with van der Waals surface area (Å²) in [6, 6.07) is 22.2. The Bertz CT molecular complexity index is 1300. The van der Waals surface area contributed by atoms with Crippen LogP contribution in [0.4, 0.5) is 5.69 Å². The van der Waals surface area contributed by atoms with E-state index in [-0.39, 0.29) is 5.56 Å². The minimum absolute atomic E-state index is 0.226. The minimum Gasteiger partial charge on any atom is -0.398 e. The first kappa shape index (κ1) is 18.2. The monoisotopic (exact) mass is 378 g/mol. The quantitative estimate of drug-likeness (QED) is 0.538. The zero-order chi connectivity index (χ0) is 20.4. The molecule has 2 heterocycles. The molecular formula is C24H18N4O. The molecule has 29 heavy (non-hydrogen) atoms. The molecule has 0 spiro atoms. The SMILES string of the molecule is Cc1ccc(-n2cc(-c3ccccn3)cc(-c3ccccc3C#N)c2=O)cc1N. The van der Waals surface area contributed by atoms with Gasteiger partial charge in [-0.2, -0.15) is 5.26 Å². The van der Waals surface area contributed by atoms with Crippen molar-refractivity contribution >= 4 is 5.69 Å². The first-order valence-electron chi connectivity index (χ1n) is 9.12. The molecule has 0 amide bonds. The van der Waals surface area contributed by atoms with Crippen LogP contribution in [0.1, 0.15) is 11.1 Å². The summed E-state index contributed by atoms with van der Waals surface area (Å²) in [4.78, 5) is 17.8. The van der Waals surface area contributed by atoms with Crippen LogP contribution in [0, 0.1) is 18.3 Å². The number of nitrogens with two attached hydrogens (primary N) is 1. The summed E-state index contributed by atoms with van der Waals surface area (Å²) < 4.78 is 1.56. The predicted molar refractivity (Wildman–Crippen MR) is 115 cm³/mol. The average Bonchev–Trinajstić information content (AvgIpc) is 2.76. The molecule has 0 unspecified atom stereocenters. The first-order valence-corrected chi connectivity index (χ1v) is 9.12. The maximum atomic E-state index is 13.4. The number of anilines is 1. The summed E-state index contributed by atoms with van der Waals surface area (Å²) in [7, 11) is 0. The van der Waals surface area contributed by atoms with Crippen LogP contribution in [-0.4, -0.2) is 9.55 Å². The number of hydrogen-bond donors (Lipinski definition) is 1. The van der Waals surface area contributed by atoms with Gasteiger partial charge in [0.05, 0.1) is 23.0 Å². The molecule has 0 aliphatic rings. The highest BCUT2D eigenvalue weighted by Gasteiger charge is 2.15. The van der Waals surface area contributed by atoms with Crippen molar-refractivity contribution in [2.45, 2.75) is 6.92 Å². The number of pyridine rings is 2. The zero-order valence-corrected chi connectivity index (χ0v) is 15.8. The van der Waals surface area contributed by atoms with E-state index in [1.165, 1.54) is 0 Å². The first-order chi connectivity index (χ1) is 14.1. The second kappa shape index (κ2) is 7.45. The molecular weight excluding hydrogens is 360 g/mol. The predicted octanol–water partition coefficient (Wildman–Crippen LogP) is 4.33. The number of nitrogen functional groups attached to an aromatic ring is 1. The van der Waals surface area contributed by atoms with Crippen LogP contribution < -0.4 is 11.3 Å². The fraction of sp³-hybridized carbons (Fsp3) is 0.0417. The van der Waals surface area contributed by atoms with E-state index in [2.05, 4.69) is 11.1 Å². The van der Waals surface area contributed by atoms with Crippen LogP contribution in [0.15, 0.2) is 83.9 Å². The molecule has 5 nitrogen and oxygen atoms in total. The van der Waals surface area contributed by atoms with Crippen molar-refractivity contribution in [2.24, 2.45) is 0 Å². The molecule has 140 valence electrons. The molecule has 0 saturated carbocycles. The summed E-state index contributed by atoms with van der Waals surface area (Å²) in [5.74, 6) is 0. The molecule has 4 rings (SSSR count). The largest absolute Gasteiger partial charge is 0.398 e. The third-order valence-corrected chi connectivity index (χ3v) is 4.86. The Balaban J connectivity index is 2.04. The maximum absolute atomic E-state index is 13.4. The van der Waals surface area contributed by atoms with Crippen LogP contribution in [0.3, 0.4) is 0 Å². The van der Waals surface area contributed by atoms with Gasteiger partial charge in [0.1, 0.15) is 0 Å². The Hall–Kier alpha value is -4.17. The van der Waals surface area contributed by atoms with Gasteiger partial charge in [0.25, 0.3) is 5.56 Å². The normalized spacial score (nSPS) is 10.5. The van der Waals surface area contributed by atoms with E-state index in [0.717, 1.165) is 16.8 Å². The van der Waals surface area contributed by atoms with E-state index in [1.807, 2.05) is 43.3 Å². The van der Waals surface area contributed by atoms with Gasteiger partial charge in [-0.15, -0.1) is 0 Å². The summed E-state index contributed by atoms with van der Waals surface area (Å²) in [5.41, 5.74) is 11.0. The van der Waals surface area contributed by atoms with E-state index in [1.54, 1.807) is 47.3 Å². The van der Waals surface area contributed by atoms with E-state index < -0.39 is 0 Å². The third kappa shape index (κ3) is 3.40. The number of nitriles is 1. The van der Waals surface area contributed by atoms with Crippen LogP contribution in [0.25, 0.3) is 28.1 Å². The molecule has 0 aliphatic heterocycles. The molecule has 2 N–H and O–H groups in total. The Morgan fingerprint density at radius 2 is 1.79 bits per heavy atom. The standard InChI is InChI=1S/C24H18N4O/c1-16-9-10-19(13-22(16)26)28-15-18(23-8-4-5-11-27-23)12-21(24(28)29)20-7-3-2-6-17(20)14-25/h2-13,15H,26H2,1H3. The van der Waals surface area contributed by atoms with Gasteiger partial charge in [0.2, 0.25) is 0 Å². The van der Waals surface area contributed by atoms with Crippen molar-refractivity contribution in [3.8, 4) is 34.1 Å². The van der Waals surface area contributed by atoms with Crippen molar-refractivity contribution < 1.29 is 0 Å². The number of aryl methyl sites for hydroxylation is 1. The van der Waals surface area contributed by atoms with Gasteiger partial charge in [-0.05, 0) is 48.9 Å². The van der Waals surface area contributed by atoms with E-state index in [4.69, 9.17) is 5.73 Å². The maximum Gasteiger partial charge on any atom is 0.263 e. The van der Waals surface area contributed by atoms with Crippen molar-refractivity contribution in [2.75, 3.05) is 5.73 Å². The molecule has 2 aromatic carbocycles. The number of nitrogens with zero attached hydrogens (tertiary/aromatic N) is 3. The molecule has 5 heteroatoms. The second-order valence-electron chi connectivity index (χ2n) is 6.73. The molecule has 0 fully saturated rings. The van der Waals surface area contributed by atoms with Crippen molar-refractivity contribution in [1.29, 1.82) is 5.26 Å². The lowest BCUT2D eigenvalue weighted by atomic mass is 9.99. The highest BCUT2D eigenvalue weighted by molar-refractivity contribution is 5.75. The fourth-order valence-electron chi connectivity index (χ4n) is 3.23. The summed E-state index contributed by atoms with van der Waals surface area (Å²) in [6.45, 7) is 1.92. The highest BCUT2D eigenvalue weighted by Crippen LogP contribution is 2.26. The molecule has 0 aliphatic carbocycles. The number of benzene rings is 2. The van der Waals surface area contributed by atoms with Gasteiger partial charge < -0.3 is 5.73 Å². The Kier molecular flexibility index (Phi) is 4.68. The van der Waals surface area contributed by atoms with Crippen LogP contribution >= 0.6 is 0 Å². The third-order valence-electron chi connectivity index (χ3n) is 4.86. The van der Waals surface area contributed by atoms with Crippen LogP contribution in [-0.2, 0) is 0 Å². The topological polar surface area (TPSA) is 84.7 Å². The summed E-state index contributed by atoms with van der Waals surface area (Å²) >= 11 is 0. The van der Waals surface area contributed by atoms with Gasteiger partial charge in [-0.25, -0.2) is 0 Å². The smallest absolute Gasteiger partial charge is 0.263 e. The molecule has 2 aromatic heterocycles. The second-order valence-corrected chi connectivity index (χ2v) is 6.73. The van der Waals surface area contributed by atoms with Gasteiger partial charge >= 0.3 is 0 Å². The average molecular weight is 378 g/mol. The fourth-order valence-corrected chi connectivity index (χ4v) is 3.23. The van der Waals surface area contributed by atoms with Gasteiger partial charge in [-0.3, -0.25) is 14.3 Å². The number of aromatic nitrogens is 2. The summed E-state index contributed by atoms with van der Waals surface area (Å²) in [6.07, 6.45) is 3.46. The van der Waals surface area contributed by atoms with Gasteiger partial charge in [-0.1, -0.05) is 30.3 Å². The lowest BCUT2D eigenvalue weighted by molar-refractivity contribution is 0.993. The highest BCUT2D eigenvalue weighted by atomic mass is 16.1. The zero-order valence-electron chi connectivity index (χ0n) is 15.8.